The van der Waals surface area contributed by atoms with Crippen LogP contribution in [0.4, 0.5) is 0 Å². The molecule has 3 atom stereocenters. The molecule has 0 amide bonds. The Hall–Kier alpha value is -2.20. The van der Waals surface area contributed by atoms with Gasteiger partial charge in [0.05, 0.1) is 18.8 Å². The highest BCUT2D eigenvalue weighted by Crippen LogP contribution is 2.14. The van der Waals surface area contributed by atoms with E-state index < -0.39 is 55.0 Å². The van der Waals surface area contributed by atoms with Gasteiger partial charge in [0.25, 0.3) is 0 Å². The molecule has 0 aliphatic rings. The topological polar surface area (TPSA) is 168 Å². The first-order valence-electron chi connectivity index (χ1n) is 7.27. The van der Waals surface area contributed by atoms with Gasteiger partial charge >= 0.3 is 23.9 Å². The number of aliphatic hydroxyl groups is 2. The van der Waals surface area contributed by atoms with E-state index in [1.54, 1.807) is 0 Å². The number of hydrogen-bond acceptors (Lipinski definition) is 8. The molecule has 0 radical (unpaired) electrons. The van der Waals surface area contributed by atoms with Gasteiger partial charge in [0.15, 0.2) is 6.10 Å². The lowest BCUT2D eigenvalue weighted by Crippen LogP contribution is -2.29. The van der Waals surface area contributed by atoms with E-state index >= 15 is 0 Å². The summed E-state index contributed by atoms with van der Waals surface area (Å²) in [7, 11) is 0. The van der Waals surface area contributed by atoms with Crippen LogP contribution in [-0.2, 0) is 28.7 Å². The third-order valence-electron chi connectivity index (χ3n) is 2.95. The molecule has 0 aliphatic heterocycles. The summed E-state index contributed by atoms with van der Waals surface area (Å²) in [5, 5.41) is 35.2. The molecule has 0 spiro atoms. The molecule has 10 nitrogen and oxygen atoms in total. The van der Waals surface area contributed by atoms with Crippen molar-refractivity contribution >= 4 is 23.9 Å². The lowest BCUT2D eigenvalue weighted by Gasteiger charge is -2.16. The number of ether oxygens (including phenoxy) is 2. The highest BCUT2D eigenvalue weighted by atomic mass is 16.6. The maximum Gasteiger partial charge on any atom is 0.332 e. The predicted molar refractivity (Wildman–Crippen MR) is 76.8 cm³/mol. The van der Waals surface area contributed by atoms with Crippen LogP contribution in [-0.4, -0.2) is 69.7 Å². The Kier molecular flexibility index (Phi) is 10.3. The molecule has 4 N–H and O–H groups in total. The average Bonchev–Trinajstić information content (AvgIpc) is 2.45. The van der Waals surface area contributed by atoms with Crippen LogP contribution in [0.3, 0.4) is 0 Å². The minimum absolute atomic E-state index is 0.0940. The number of hydrogen-bond donors (Lipinski definition) is 4. The van der Waals surface area contributed by atoms with Gasteiger partial charge in [-0.3, -0.25) is 14.4 Å². The third-order valence-corrected chi connectivity index (χ3v) is 2.95. The summed E-state index contributed by atoms with van der Waals surface area (Å²) in [5.74, 6) is -5.24. The Balaban J connectivity index is 4.25. The van der Waals surface area contributed by atoms with Gasteiger partial charge in [0.2, 0.25) is 0 Å². The van der Waals surface area contributed by atoms with E-state index in [0.29, 0.717) is 0 Å². The summed E-state index contributed by atoms with van der Waals surface area (Å²) in [5.41, 5.74) is 0. The van der Waals surface area contributed by atoms with E-state index in [1.807, 2.05) is 0 Å². The lowest BCUT2D eigenvalue weighted by molar-refractivity contribution is -0.156. The van der Waals surface area contributed by atoms with E-state index in [4.69, 9.17) is 24.8 Å². The number of aliphatic carboxylic acids is 2. The predicted octanol–water partition coefficient (Wildman–Crippen LogP) is -0.840. The van der Waals surface area contributed by atoms with Crippen LogP contribution in [0.25, 0.3) is 0 Å². The normalized spacial score (nSPS) is 14.3. The van der Waals surface area contributed by atoms with Gasteiger partial charge in [-0.2, -0.15) is 0 Å². The molecule has 138 valence electrons. The van der Waals surface area contributed by atoms with Crippen molar-refractivity contribution in [2.75, 3.05) is 13.2 Å². The number of carboxylic acids is 2. The van der Waals surface area contributed by atoms with E-state index in [2.05, 4.69) is 0 Å². The molecule has 0 saturated heterocycles. The van der Waals surface area contributed by atoms with E-state index in [1.165, 1.54) is 6.92 Å². The van der Waals surface area contributed by atoms with Gasteiger partial charge in [-0.05, 0) is 19.8 Å². The second-order valence-corrected chi connectivity index (χ2v) is 5.11. The molecular formula is C14H22O10. The van der Waals surface area contributed by atoms with Crippen LogP contribution in [0.1, 0.15) is 32.6 Å². The lowest BCUT2D eigenvalue weighted by atomic mass is 9.98. The maximum absolute atomic E-state index is 11.8. The van der Waals surface area contributed by atoms with Crippen molar-refractivity contribution in [3.8, 4) is 0 Å². The summed E-state index contributed by atoms with van der Waals surface area (Å²) >= 11 is 0. The van der Waals surface area contributed by atoms with Crippen LogP contribution in [0.5, 0.6) is 0 Å². The quantitative estimate of drug-likeness (QED) is 0.326. The molecule has 0 bridgehead atoms. The van der Waals surface area contributed by atoms with Crippen molar-refractivity contribution in [2.24, 2.45) is 5.92 Å². The first kappa shape index (κ1) is 21.8. The zero-order valence-corrected chi connectivity index (χ0v) is 13.2. The summed E-state index contributed by atoms with van der Waals surface area (Å²) < 4.78 is 9.58. The van der Waals surface area contributed by atoms with Gasteiger partial charge in [0.1, 0.15) is 12.7 Å². The smallest absolute Gasteiger partial charge is 0.332 e. The first-order chi connectivity index (χ1) is 11.2. The molecule has 0 aromatic rings. The molecular weight excluding hydrogens is 328 g/mol. The summed E-state index contributed by atoms with van der Waals surface area (Å²) in [4.78, 5) is 44.2. The number of carbonyl (C=O) groups is 4. The van der Waals surface area contributed by atoms with Crippen LogP contribution in [0.15, 0.2) is 0 Å². The van der Waals surface area contributed by atoms with Crippen LogP contribution in [0, 0.1) is 5.92 Å². The van der Waals surface area contributed by atoms with Crippen molar-refractivity contribution in [3.05, 3.63) is 0 Å². The molecule has 0 aromatic carbocycles. The van der Waals surface area contributed by atoms with Gasteiger partial charge < -0.3 is 29.9 Å². The molecule has 0 fully saturated rings. The number of carboxylic acid groups (broad SMARTS) is 2. The fourth-order valence-corrected chi connectivity index (χ4v) is 1.78. The molecule has 0 aliphatic carbocycles. The molecule has 3 unspecified atom stereocenters. The van der Waals surface area contributed by atoms with Gasteiger partial charge in [-0.1, -0.05) is 0 Å². The minimum Gasteiger partial charge on any atom is -0.481 e. The highest BCUT2D eigenvalue weighted by Gasteiger charge is 2.26. The Bertz CT molecular complexity index is 447. The molecule has 0 heterocycles. The average molecular weight is 350 g/mol. The van der Waals surface area contributed by atoms with Crippen molar-refractivity contribution in [2.45, 2.75) is 44.8 Å². The number of esters is 2. The Labute approximate surface area is 138 Å². The number of rotatable bonds is 12. The van der Waals surface area contributed by atoms with Crippen LogP contribution in [0.2, 0.25) is 0 Å². The van der Waals surface area contributed by atoms with Crippen LogP contribution >= 0.6 is 0 Å². The summed E-state index contributed by atoms with van der Waals surface area (Å²) in [6, 6.07) is 0. The second-order valence-electron chi connectivity index (χ2n) is 5.11. The minimum atomic E-state index is -1.77. The largest absolute Gasteiger partial charge is 0.481 e. The summed E-state index contributed by atoms with van der Waals surface area (Å²) in [6.45, 7) is 0.659. The number of carbonyl (C=O) groups excluding carboxylic acids is 2. The van der Waals surface area contributed by atoms with Crippen molar-refractivity contribution in [1.29, 1.82) is 0 Å². The third kappa shape index (κ3) is 9.74. The maximum atomic E-state index is 11.8. The van der Waals surface area contributed by atoms with Gasteiger partial charge in [-0.25, -0.2) is 4.79 Å². The molecule has 24 heavy (non-hydrogen) atoms. The molecule has 0 aromatic heterocycles. The van der Waals surface area contributed by atoms with Gasteiger partial charge in [-0.15, -0.1) is 0 Å². The highest BCUT2D eigenvalue weighted by molar-refractivity contribution is 5.76. The van der Waals surface area contributed by atoms with Gasteiger partial charge in [0, 0.05) is 6.61 Å². The zero-order chi connectivity index (χ0) is 18.7. The van der Waals surface area contributed by atoms with Crippen molar-refractivity contribution < 1.29 is 49.1 Å². The van der Waals surface area contributed by atoms with E-state index in [9.17, 15) is 24.3 Å². The van der Waals surface area contributed by atoms with Crippen molar-refractivity contribution in [3.63, 3.8) is 0 Å². The fourth-order valence-electron chi connectivity index (χ4n) is 1.78. The fraction of sp³-hybridized carbons (Fsp3) is 0.714. The number of aliphatic hydroxyl groups excluding tert-OH is 2. The zero-order valence-electron chi connectivity index (χ0n) is 13.2. The Morgan fingerprint density at radius 2 is 1.75 bits per heavy atom. The SMILES string of the molecule is CC(CC(=O)O)OC(=O)CCOC(=O)C(CCO)CC(O)C(=O)O. The molecule has 0 saturated carbocycles. The molecule has 0 rings (SSSR count). The Morgan fingerprint density at radius 1 is 1.12 bits per heavy atom. The Morgan fingerprint density at radius 3 is 2.25 bits per heavy atom. The second kappa shape index (κ2) is 11.4. The van der Waals surface area contributed by atoms with E-state index in [-0.39, 0.29) is 25.9 Å². The van der Waals surface area contributed by atoms with Crippen molar-refractivity contribution in [1.82, 2.24) is 0 Å². The standard InChI is InChI=1S/C14H22O10/c1-8(6-11(17)18)24-12(19)3-5-23-14(22)9(2-4-15)7-10(16)13(20)21/h8-10,15-16H,2-7H2,1H3,(H,17,18)(H,20,21). The van der Waals surface area contributed by atoms with Crippen LogP contribution < -0.4 is 0 Å². The summed E-state index contributed by atoms with van der Waals surface area (Å²) in [6.07, 6.45) is -3.76. The monoisotopic (exact) mass is 350 g/mol. The first-order valence-corrected chi connectivity index (χ1v) is 7.27. The molecule has 10 heteroatoms. The van der Waals surface area contributed by atoms with E-state index in [0.717, 1.165) is 0 Å².